The number of carbonyl (C=O) groups is 1. The summed E-state index contributed by atoms with van der Waals surface area (Å²) in [4.78, 5) is 17.6. The summed E-state index contributed by atoms with van der Waals surface area (Å²) < 4.78 is 1.89. The van der Waals surface area contributed by atoms with Gasteiger partial charge in [0.1, 0.15) is 18.2 Å². The zero-order valence-electron chi connectivity index (χ0n) is 11.6. The van der Waals surface area contributed by atoms with Crippen LogP contribution >= 0.6 is 0 Å². The Bertz CT molecular complexity index is 430. The van der Waals surface area contributed by atoms with Gasteiger partial charge in [-0.1, -0.05) is 20.3 Å². The van der Waals surface area contributed by atoms with E-state index in [4.69, 9.17) is 0 Å². The van der Waals surface area contributed by atoms with Gasteiger partial charge in [-0.25, -0.2) is 9.67 Å². The van der Waals surface area contributed by atoms with Crippen molar-refractivity contribution < 1.29 is 9.90 Å². The fourth-order valence-electron chi connectivity index (χ4n) is 2.55. The molecule has 1 saturated heterocycles. The summed E-state index contributed by atoms with van der Waals surface area (Å²) in [5.74, 6) is 0.633. The molecule has 1 fully saturated rings. The molecule has 1 aliphatic rings. The highest BCUT2D eigenvalue weighted by atomic mass is 16.4. The molecule has 0 aliphatic carbocycles. The van der Waals surface area contributed by atoms with Crippen LogP contribution in [0.3, 0.4) is 0 Å². The number of piperidine rings is 1. The number of aromatic nitrogens is 3. The van der Waals surface area contributed by atoms with E-state index in [2.05, 4.69) is 23.9 Å². The zero-order chi connectivity index (χ0) is 13.8. The zero-order valence-corrected chi connectivity index (χ0v) is 11.6. The fourth-order valence-corrected chi connectivity index (χ4v) is 2.55. The van der Waals surface area contributed by atoms with Crippen LogP contribution < -0.4 is 0 Å². The van der Waals surface area contributed by atoms with Gasteiger partial charge in [-0.15, -0.1) is 0 Å². The maximum atomic E-state index is 11.3. The van der Waals surface area contributed by atoms with Gasteiger partial charge in [0.2, 0.25) is 0 Å². The van der Waals surface area contributed by atoms with Gasteiger partial charge in [0.05, 0.1) is 6.54 Å². The Morgan fingerprint density at radius 1 is 1.53 bits per heavy atom. The molecule has 0 amide bonds. The van der Waals surface area contributed by atoms with E-state index in [1.54, 1.807) is 6.33 Å². The minimum Gasteiger partial charge on any atom is -0.480 e. The third kappa shape index (κ3) is 3.53. The molecular weight excluding hydrogens is 244 g/mol. The Kier molecular flexibility index (Phi) is 4.52. The number of hydrogen-bond acceptors (Lipinski definition) is 4. The predicted octanol–water partition coefficient (Wildman–Crippen LogP) is 1.37. The van der Waals surface area contributed by atoms with Gasteiger partial charge >= 0.3 is 5.97 Å². The number of rotatable bonds is 5. The van der Waals surface area contributed by atoms with Crippen molar-refractivity contribution in [1.82, 2.24) is 19.7 Å². The Labute approximate surface area is 113 Å². The summed E-state index contributed by atoms with van der Waals surface area (Å²) >= 11 is 0. The number of aliphatic carboxylic acids is 1. The smallest absolute Gasteiger partial charge is 0.320 e. The topological polar surface area (TPSA) is 71.2 Å². The number of carboxylic acid groups (broad SMARTS) is 1. The lowest BCUT2D eigenvalue weighted by molar-refractivity contribution is -0.144. The quantitative estimate of drug-likeness (QED) is 0.871. The Balaban J connectivity index is 2.06. The third-order valence-electron chi connectivity index (χ3n) is 3.48. The van der Waals surface area contributed by atoms with Crippen molar-refractivity contribution in [2.75, 3.05) is 6.54 Å². The van der Waals surface area contributed by atoms with Gasteiger partial charge in [-0.3, -0.25) is 9.69 Å². The molecule has 0 spiro atoms. The summed E-state index contributed by atoms with van der Waals surface area (Å²) in [5, 5.41) is 13.5. The molecule has 1 N–H and O–H groups in total. The summed E-state index contributed by atoms with van der Waals surface area (Å²) in [5.41, 5.74) is 0. The van der Waals surface area contributed by atoms with Crippen molar-refractivity contribution in [2.45, 2.75) is 52.2 Å². The first-order valence-corrected chi connectivity index (χ1v) is 6.91. The average molecular weight is 266 g/mol. The van der Waals surface area contributed by atoms with Crippen molar-refractivity contribution in [2.24, 2.45) is 5.92 Å². The Morgan fingerprint density at radius 3 is 3.00 bits per heavy atom. The van der Waals surface area contributed by atoms with Crippen LogP contribution in [0, 0.1) is 5.92 Å². The number of hydrogen-bond donors (Lipinski definition) is 1. The van der Waals surface area contributed by atoms with Gasteiger partial charge in [0.15, 0.2) is 0 Å². The van der Waals surface area contributed by atoms with Crippen molar-refractivity contribution in [3.05, 3.63) is 12.2 Å². The largest absolute Gasteiger partial charge is 0.480 e. The monoisotopic (exact) mass is 266 g/mol. The highest BCUT2D eigenvalue weighted by Crippen LogP contribution is 2.19. The Morgan fingerprint density at radius 2 is 2.32 bits per heavy atom. The predicted molar refractivity (Wildman–Crippen MR) is 70.5 cm³/mol. The normalized spacial score (nSPS) is 20.9. The minimum absolute atomic E-state index is 0.377. The second kappa shape index (κ2) is 6.14. The first-order chi connectivity index (χ1) is 9.08. The first-order valence-electron chi connectivity index (χ1n) is 6.91. The molecule has 0 aromatic carbocycles. The molecular formula is C13H22N4O2. The SMILES string of the molecule is CC(C)Cn1ncnc1CN1CCCCC1C(=O)O. The van der Waals surface area contributed by atoms with E-state index >= 15 is 0 Å². The van der Waals surface area contributed by atoms with Crippen LogP contribution in [0.2, 0.25) is 0 Å². The van der Waals surface area contributed by atoms with Crippen molar-refractivity contribution in [1.29, 1.82) is 0 Å². The molecule has 0 radical (unpaired) electrons. The van der Waals surface area contributed by atoms with E-state index in [9.17, 15) is 9.90 Å². The van der Waals surface area contributed by atoms with E-state index in [0.29, 0.717) is 12.5 Å². The molecule has 1 aromatic heterocycles. The van der Waals surface area contributed by atoms with Gasteiger partial charge in [-0.2, -0.15) is 5.10 Å². The lowest BCUT2D eigenvalue weighted by Gasteiger charge is -2.32. The first kappa shape index (κ1) is 14.0. The van der Waals surface area contributed by atoms with Gasteiger partial charge in [0, 0.05) is 6.54 Å². The van der Waals surface area contributed by atoms with Gasteiger partial charge in [0.25, 0.3) is 0 Å². The van der Waals surface area contributed by atoms with E-state index in [1.165, 1.54) is 0 Å². The highest BCUT2D eigenvalue weighted by molar-refractivity contribution is 5.73. The van der Waals surface area contributed by atoms with Crippen LogP contribution in [-0.2, 0) is 17.9 Å². The van der Waals surface area contributed by atoms with Crippen molar-refractivity contribution >= 4 is 5.97 Å². The molecule has 2 rings (SSSR count). The maximum Gasteiger partial charge on any atom is 0.320 e. The van der Waals surface area contributed by atoms with Crippen LogP contribution in [0.25, 0.3) is 0 Å². The summed E-state index contributed by atoms with van der Waals surface area (Å²) in [6.45, 7) is 6.48. The molecule has 0 bridgehead atoms. The molecule has 1 aliphatic heterocycles. The van der Waals surface area contributed by atoms with Crippen molar-refractivity contribution in [3.8, 4) is 0 Å². The van der Waals surface area contributed by atoms with Crippen LogP contribution in [0.15, 0.2) is 6.33 Å². The Hall–Kier alpha value is -1.43. The molecule has 1 unspecified atom stereocenters. The van der Waals surface area contributed by atoms with E-state index in [-0.39, 0.29) is 6.04 Å². The fraction of sp³-hybridized carbons (Fsp3) is 0.769. The number of likely N-dealkylation sites (tertiary alicyclic amines) is 1. The molecule has 1 atom stereocenters. The van der Waals surface area contributed by atoms with Gasteiger partial charge in [-0.05, 0) is 25.3 Å². The molecule has 1 aromatic rings. The second-order valence-corrected chi connectivity index (χ2v) is 5.57. The maximum absolute atomic E-state index is 11.3. The highest BCUT2D eigenvalue weighted by Gasteiger charge is 2.29. The van der Waals surface area contributed by atoms with Crippen LogP contribution in [0.4, 0.5) is 0 Å². The van der Waals surface area contributed by atoms with E-state index in [1.807, 2.05) is 9.58 Å². The average Bonchev–Trinajstić information content (AvgIpc) is 2.76. The molecule has 0 saturated carbocycles. The van der Waals surface area contributed by atoms with E-state index in [0.717, 1.165) is 38.2 Å². The number of carboxylic acids is 1. The van der Waals surface area contributed by atoms with Crippen LogP contribution in [-0.4, -0.2) is 43.3 Å². The molecule has 2 heterocycles. The van der Waals surface area contributed by atoms with E-state index < -0.39 is 5.97 Å². The molecule has 6 heteroatoms. The summed E-state index contributed by atoms with van der Waals surface area (Å²) in [6, 6.07) is -0.377. The van der Waals surface area contributed by atoms with Gasteiger partial charge < -0.3 is 5.11 Å². The lowest BCUT2D eigenvalue weighted by Crippen LogP contribution is -2.44. The number of nitrogens with zero attached hydrogens (tertiary/aromatic N) is 4. The minimum atomic E-state index is -0.727. The molecule has 6 nitrogen and oxygen atoms in total. The van der Waals surface area contributed by atoms with Crippen LogP contribution in [0.5, 0.6) is 0 Å². The summed E-state index contributed by atoms with van der Waals surface area (Å²) in [6.07, 6.45) is 4.33. The van der Waals surface area contributed by atoms with Crippen molar-refractivity contribution in [3.63, 3.8) is 0 Å². The standard InChI is InChI=1S/C13H22N4O2/c1-10(2)7-17-12(14-9-15-17)8-16-6-4-3-5-11(16)13(18)19/h9-11H,3-8H2,1-2H3,(H,18,19). The molecule has 19 heavy (non-hydrogen) atoms. The van der Waals surface area contributed by atoms with Crippen LogP contribution in [0.1, 0.15) is 38.9 Å². The molecule has 106 valence electrons. The summed E-state index contributed by atoms with van der Waals surface area (Å²) in [7, 11) is 0. The third-order valence-corrected chi connectivity index (χ3v) is 3.48. The second-order valence-electron chi connectivity index (χ2n) is 5.57. The lowest BCUT2D eigenvalue weighted by atomic mass is 10.0.